The van der Waals surface area contributed by atoms with E-state index < -0.39 is 0 Å². The van der Waals surface area contributed by atoms with Crippen LogP contribution in [0.2, 0.25) is 0 Å². The van der Waals surface area contributed by atoms with Gasteiger partial charge in [0.05, 0.1) is 28.1 Å². The van der Waals surface area contributed by atoms with Crippen LogP contribution < -0.4 is 0 Å². The quantitative estimate of drug-likeness (QED) is 0.548. The Morgan fingerprint density at radius 2 is 1.18 bits per heavy atom. The van der Waals surface area contributed by atoms with E-state index in [0.29, 0.717) is 0 Å². The molecule has 1 aromatic carbocycles. The highest BCUT2D eigenvalue weighted by molar-refractivity contribution is 5.80. The lowest BCUT2D eigenvalue weighted by molar-refractivity contribution is 1.26. The second-order valence-corrected chi connectivity index (χ2v) is 5.01. The van der Waals surface area contributed by atoms with Crippen LogP contribution in [0.15, 0.2) is 79.0 Å². The van der Waals surface area contributed by atoms with Crippen molar-refractivity contribution < 1.29 is 0 Å². The van der Waals surface area contributed by atoms with Crippen molar-refractivity contribution in [1.82, 2.24) is 15.0 Å². The molecule has 0 aliphatic carbocycles. The van der Waals surface area contributed by atoms with Crippen LogP contribution in [-0.2, 0) is 0 Å². The summed E-state index contributed by atoms with van der Waals surface area (Å²) in [6.45, 7) is 0. The van der Waals surface area contributed by atoms with Gasteiger partial charge in [0.25, 0.3) is 0 Å². The molecule has 0 aliphatic rings. The van der Waals surface area contributed by atoms with Crippen LogP contribution in [0.25, 0.3) is 33.7 Å². The molecular formula is C19H13N3. The third-order valence-electron chi connectivity index (χ3n) is 3.54. The van der Waals surface area contributed by atoms with Crippen molar-refractivity contribution in [2.24, 2.45) is 0 Å². The van der Waals surface area contributed by atoms with E-state index in [9.17, 15) is 0 Å². The van der Waals surface area contributed by atoms with Crippen molar-refractivity contribution in [3.05, 3.63) is 79.0 Å². The lowest BCUT2D eigenvalue weighted by atomic mass is 10.1. The second kappa shape index (κ2) is 5.37. The number of hydrogen-bond acceptors (Lipinski definition) is 3. The molecule has 4 rings (SSSR count). The Hall–Kier alpha value is -3.07. The summed E-state index contributed by atoms with van der Waals surface area (Å²) in [5.74, 6) is 0. The molecule has 0 N–H and O–H groups in total. The normalized spacial score (nSPS) is 10.7. The highest BCUT2D eigenvalue weighted by Crippen LogP contribution is 2.22. The van der Waals surface area contributed by atoms with E-state index in [1.54, 1.807) is 6.20 Å². The molecule has 3 nitrogen and oxygen atoms in total. The highest BCUT2D eigenvalue weighted by atomic mass is 14.8. The van der Waals surface area contributed by atoms with E-state index in [0.717, 1.165) is 33.7 Å². The fourth-order valence-electron chi connectivity index (χ4n) is 2.44. The summed E-state index contributed by atoms with van der Waals surface area (Å²) in [5.41, 5.74) is 5.57. The third-order valence-corrected chi connectivity index (χ3v) is 3.54. The maximum atomic E-state index is 4.70. The minimum Gasteiger partial charge on any atom is -0.255 e. The van der Waals surface area contributed by atoms with Gasteiger partial charge in [0.15, 0.2) is 0 Å². The lowest BCUT2D eigenvalue weighted by Crippen LogP contribution is -1.90. The van der Waals surface area contributed by atoms with E-state index in [-0.39, 0.29) is 0 Å². The summed E-state index contributed by atoms with van der Waals surface area (Å²) < 4.78 is 0. The molecule has 104 valence electrons. The van der Waals surface area contributed by atoms with Gasteiger partial charge in [0.2, 0.25) is 0 Å². The molecular weight excluding hydrogens is 270 g/mol. The van der Waals surface area contributed by atoms with Crippen LogP contribution in [0.4, 0.5) is 0 Å². The predicted octanol–water partition coefficient (Wildman–Crippen LogP) is 4.36. The average Bonchev–Trinajstić information content (AvgIpc) is 2.62. The standard InChI is InChI=1S/C19H13N3/c1-2-6-14(7-3-1)15-9-10-19-18(21-15)12-11-17(22-19)16-8-4-5-13-20-16/h1-13H. The molecule has 4 aromatic rings. The molecule has 0 radical (unpaired) electrons. The molecule has 0 bridgehead atoms. The molecule has 0 aliphatic heterocycles. The summed E-state index contributed by atoms with van der Waals surface area (Å²) in [6.07, 6.45) is 1.78. The summed E-state index contributed by atoms with van der Waals surface area (Å²) in [7, 11) is 0. The van der Waals surface area contributed by atoms with Crippen molar-refractivity contribution in [1.29, 1.82) is 0 Å². The fourth-order valence-corrected chi connectivity index (χ4v) is 2.44. The van der Waals surface area contributed by atoms with Crippen molar-refractivity contribution in [2.45, 2.75) is 0 Å². The van der Waals surface area contributed by atoms with Gasteiger partial charge in [-0.15, -0.1) is 0 Å². The monoisotopic (exact) mass is 283 g/mol. The first-order valence-electron chi connectivity index (χ1n) is 7.15. The van der Waals surface area contributed by atoms with Crippen molar-refractivity contribution in [3.63, 3.8) is 0 Å². The van der Waals surface area contributed by atoms with Crippen LogP contribution in [0.1, 0.15) is 0 Å². The van der Waals surface area contributed by atoms with Crippen LogP contribution >= 0.6 is 0 Å². The minimum atomic E-state index is 0.863. The summed E-state index contributed by atoms with van der Waals surface area (Å²) in [4.78, 5) is 13.7. The predicted molar refractivity (Wildman–Crippen MR) is 88.2 cm³/mol. The van der Waals surface area contributed by atoms with E-state index >= 15 is 0 Å². The van der Waals surface area contributed by atoms with Crippen molar-refractivity contribution in [3.8, 4) is 22.6 Å². The Bertz CT molecular complexity index is 840. The molecule has 3 heteroatoms. The van der Waals surface area contributed by atoms with Gasteiger partial charge >= 0.3 is 0 Å². The van der Waals surface area contributed by atoms with Crippen LogP contribution in [-0.4, -0.2) is 15.0 Å². The van der Waals surface area contributed by atoms with Gasteiger partial charge in [-0.2, -0.15) is 0 Å². The van der Waals surface area contributed by atoms with Crippen LogP contribution in [0.3, 0.4) is 0 Å². The molecule has 0 fully saturated rings. The highest BCUT2D eigenvalue weighted by Gasteiger charge is 2.05. The number of nitrogens with zero attached hydrogens (tertiary/aromatic N) is 3. The van der Waals surface area contributed by atoms with Crippen LogP contribution in [0, 0.1) is 0 Å². The number of rotatable bonds is 2. The lowest BCUT2D eigenvalue weighted by Gasteiger charge is -2.05. The summed E-state index contributed by atoms with van der Waals surface area (Å²) in [5, 5.41) is 0. The molecule has 3 heterocycles. The summed E-state index contributed by atoms with van der Waals surface area (Å²) in [6, 6.07) is 24.0. The number of pyridine rings is 3. The number of fused-ring (bicyclic) bond motifs is 1. The Balaban J connectivity index is 1.80. The number of hydrogen-bond donors (Lipinski definition) is 0. The second-order valence-electron chi connectivity index (χ2n) is 5.01. The number of benzene rings is 1. The first kappa shape index (κ1) is 12.7. The first-order valence-corrected chi connectivity index (χ1v) is 7.15. The van der Waals surface area contributed by atoms with E-state index in [4.69, 9.17) is 4.98 Å². The summed E-state index contributed by atoms with van der Waals surface area (Å²) >= 11 is 0. The van der Waals surface area contributed by atoms with Crippen LogP contribution in [0.5, 0.6) is 0 Å². The van der Waals surface area contributed by atoms with Crippen molar-refractivity contribution in [2.75, 3.05) is 0 Å². The molecule has 0 spiro atoms. The molecule has 0 unspecified atom stereocenters. The van der Waals surface area contributed by atoms with Gasteiger partial charge in [-0.1, -0.05) is 36.4 Å². The molecule has 3 aromatic heterocycles. The molecule has 0 amide bonds. The SMILES string of the molecule is c1ccc(-c2ccc3nc(-c4ccccn4)ccc3n2)cc1. The zero-order valence-corrected chi connectivity index (χ0v) is 11.8. The molecule has 0 saturated heterocycles. The zero-order chi connectivity index (χ0) is 14.8. The van der Waals surface area contributed by atoms with Crippen molar-refractivity contribution >= 4 is 11.0 Å². The number of aromatic nitrogens is 3. The maximum Gasteiger partial charge on any atom is 0.0895 e. The topological polar surface area (TPSA) is 38.7 Å². The van der Waals surface area contributed by atoms with E-state index in [1.807, 2.05) is 60.7 Å². The average molecular weight is 283 g/mol. The van der Waals surface area contributed by atoms with Gasteiger partial charge < -0.3 is 0 Å². The van der Waals surface area contributed by atoms with Gasteiger partial charge in [0, 0.05) is 11.8 Å². The van der Waals surface area contributed by atoms with Gasteiger partial charge in [-0.25, -0.2) is 9.97 Å². The van der Waals surface area contributed by atoms with E-state index in [1.165, 1.54) is 0 Å². The Morgan fingerprint density at radius 1 is 0.500 bits per heavy atom. The largest absolute Gasteiger partial charge is 0.255 e. The van der Waals surface area contributed by atoms with Gasteiger partial charge in [0.1, 0.15) is 0 Å². The van der Waals surface area contributed by atoms with E-state index in [2.05, 4.69) is 22.1 Å². The Morgan fingerprint density at radius 3 is 1.91 bits per heavy atom. The minimum absolute atomic E-state index is 0.863. The molecule has 0 atom stereocenters. The maximum absolute atomic E-state index is 4.70. The molecule has 0 saturated carbocycles. The zero-order valence-electron chi connectivity index (χ0n) is 11.8. The van der Waals surface area contributed by atoms with Gasteiger partial charge in [-0.3, -0.25) is 4.98 Å². The third kappa shape index (κ3) is 2.33. The van der Waals surface area contributed by atoms with Gasteiger partial charge in [-0.05, 0) is 36.4 Å². The smallest absolute Gasteiger partial charge is 0.0895 e. The molecule has 22 heavy (non-hydrogen) atoms. The fraction of sp³-hybridized carbons (Fsp3) is 0. The Kier molecular flexibility index (Phi) is 3.09. The first-order chi connectivity index (χ1) is 10.9. The Labute approximate surface area is 128 Å².